The van der Waals surface area contributed by atoms with Gasteiger partial charge in [-0.25, -0.2) is 0 Å². The Hall–Kier alpha value is -1.11. The second kappa shape index (κ2) is 6.65. The molecule has 0 saturated heterocycles. The predicted molar refractivity (Wildman–Crippen MR) is 89.7 cm³/mol. The van der Waals surface area contributed by atoms with Gasteiger partial charge >= 0.3 is 33.0 Å². The largest absolute Gasteiger partial charge is 0.508 e. The maximum atomic E-state index is 9.87. The number of aromatic hydroxyl groups is 1. The molecule has 0 bridgehead atoms. The van der Waals surface area contributed by atoms with Crippen LogP contribution in [0.1, 0.15) is 16.4 Å². The molecule has 24 heavy (non-hydrogen) atoms. The Balaban J connectivity index is 0.000000351. The zero-order valence-corrected chi connectivity index (χ0v) is 14.6. The molecule has 0 aromatic heterocycles. The Morgan fingerprint density at radius 2 is 1.29 bits per heavy atom. The molecule has 0 spiro atoms. The molecule has 0 aliphatic heterocycles. The van der Waals surface area contributed by atoms with Gasteiger partial charge in [-0.3, -0.25) is 0 Å². The molecule has 2 aromatic carbocycles. The van der Waals surface area contributed by atoms with Crippen molar-refractivity contribution in [2.45, 2.75) is 11.7 Å². The molecule has 0 aliphatic carbocycles. The van der Waals surface area contributed by atoms with Crippen LogP contribution in [0.4, 0.5) is 25.2 Å². The molecule has 2 aromatic rings. The van der Waals surface area contributed by atoms with Crippen LogP contribution in [-0.4, -0.2) is 5.11 Å². The first-order valence-corrected chi connectivity index (χ1v) is 9.39. The van der Waals surface area contributed by atoms with E-state index in [1.54, 1.807) is 12.1 Å². The van der Waals surface area contributed by atoms with Crippen LogP contribution in [0, 0.1) is 0 Å². The number of halogens is 7. The summed E-state index contributed by atoms with van der Waals surface area (Å²) < 4.78 is 59.2. The van der Waals surface area contributed by atoms with Gasteiger partial charge in [0.05, 0.1) is 0 Å². The first kappa shape index (κ1) is 20.9. The summed E-state index contributed by atoms with van der Waals surface area (Å²) in [5, 5.41) is 10.2. The molecule has 10 heteroatoms. The number of hydrogen-bond donors (Lipinski definition) is 1. The Kier molecular flexibility index (Phi) is 5.80. The SMILES string of the molecule is F[P-](F)(F)(F)(F)F.Oc1ccc(C([SH2+])Cc2ccc(Cl)cc2)cc1. The third kappa shape index (κ3) is 11.4. The van der Waals surface area contributed by atoms with E-state index in [-0.39, 0.29) is 5.25 Å². The number of phenolic OH excluding ortho intramolecular Hbond substituents is 1. The van der Waals surface area contributed by atoms with E-state index in [2.05, 4.69) is 12.6 Å². The third-order valence-electron chi connectivity index (χ3n) is 2.65. The van der Waals surface area contributed by atoms with Crippen LogP contribution in [0.25, 0.3) is 0 Å². The molecule has 136 valence electrons. The zero-order chi connectivity index (χ0) is 18.7. The topological polar surface area (TPSA) is 20.2 Å². The standard InChI is InChI=1S/C14H13ClOS.F6P/c15-12-5-1-10(2-6-12)9-14(17)11-3-7-13(16)8-4-11;1-7(2,3,4,5)6/h1-8,14,16-17H,9H2;/q;-1/p+1. The number of rotatable bonds is 3. The fourth-order valence-corrected chi connectivity index (χ4v) is 2.23. The molecular weight excluding hydrogens is 397 g/mol. The van der Waals surface area contributed by atoms with Gasteiger partial charge in [-0.15, -0.1) is 0 Å². The van der Waals surface area contributed by atoms with Crippen LogP contribution in [0.2, 0.25) is 5.02 Å². The van der Waals surface area contributed by atoms with E-state index in [0.717, 1.165) is 17.0 Å². The fraction of sp³-hybridized carbons (Fsp3) is 0.143. The number of benzene rings is 2. The molecule has 1 atom stereocenters. The average Bonchev–Trinajstić information content (AvgIpc) is 2.38. The minimum absolute atomic E-state index is 0.233. The van der Waals surface area contributed by atoms with Gasteiger partial charge in [-0.1, -0.05) is 35.9 Å². The zero-order valence-electron chi connectivity index (χ0n) is 11.9. The van der Waals surface area contributed by atoms with Crippen molar-refractivity contribution >= 4 is 32.0 Å². The van der Waals surface area contributed by atoms with E-state index < -0.39 is 7.81 Å². The van der Waals surface area contributed by atoms with Crippen molar-refractivity contribution in [3.05, 3.63) is 64.7 Å². The van der Waals surface area contributed by atoms with Crippen molar-refractivity contribution in [2.75, 3.05) is 0 Å². The molecule has 0 saturated carbocycles. The van der Waals surface area contributed by atoms with Gasteiger partial charge in [0.1, 0.15) is 11.0 Å². The van der Waals surface area contributed by atoms with E-state index in [1.165, 1.54) is 5.56 Å². The molecule has 2 rings (SSSR count). The maximum Gasteiger partial charge on any atom is 0.142 e. The van der Waals surface area contributed by atoms with Gasteiger partial charge < -0.3 is 5.11 Å². The molecule has 0 radical (unpaired) electrons. The van der Waals surface area contributed by atoms with Crippen LogP contribution in [-0.2, 0) is 19.0 Å². The van der Waals surface area contributed by atoms with Crippen molar-refractivity contribution in [3.63, 3.8) is 0 Å². The minimum atomic E-state index is -10.7. The molecule has 0 heterocycles. The van der Waals surface area contributed by atoms with Crippen molar-refractivity contribution in [3.8, 4) is 5.75 Å². The van der Waals surface area contributed by atoms with Crippen molar-refractivity contribution in [1.82, 2.24) is 0 Å². The summed E-state index contributed by atoms with van der Waals surface area (Å²) >= 11 is 9.55. The molecular formula is C14H14ClF6OPS. The van der Waals surface area contributed by atoms with E-state index >= 15 is 0 Å². The maximum absolute atomic E-state index is 10.7. The van der Waals surface area contributed by atoms with Gasteiger partial charge in [0.25, 0.3) is 0 Å². The first-order chi connectivity index (χ1) is 10.6. The van der Waals surface area contributed by atoms with Crippen LogP contribution >= 0.6 is 19.4 Å². The van der Waals surface area contributed by atoms with Crippen LogP contribution in [0.3, 0.4) is 0 Å². The third-order valence-corrected chi connectivity index (χ3v) is 3.44. The van der Waals surface area contributed by atoms with E-state index in [4.69, 9.17) is 11.6 Å². The summed E-state index contributed by atoms with van der Waals surface area (Å²) in [5.74, 6) is 0.291. The summed E-state index contributed by atoms with van der Waals surface area (Å²) in [6, 6.07) is 15.1. The molecule has 1 unspecified atom stereocenters. The van der Waals surface area contributed by atoms with E-state index in [1.807, 2.05) is 36.4 Å². The Bertz CT molecular complexity index is 662. The summed E-state index contributed by atoms with van der Waals surface area (Å²) in [6.07, 6.45) is 0.888. The predicted octanol–water partition coefficient (Wildman–Crippen LogP) is 6.72. The van der Waals surface area contributed by atoms with Gasteiger partial charge in [0.15, 0.2) is 0 Å². The summed E-state index contributed by atoms with van der Waals surface area (Å²) in [6.45, 7) is 0. The second-order valence-corrected chi connectivity index (χ2v) is 7.98. The van der Waals surface area contributed by atoms with Crippen molar-refractivity contribution in [2.24, 2.45) is 0 Å². The Morgan fingerprint density at radius 3 is 1.71 bits per heavy atom. The quantitative estimate of drug-likeness (QED) is 0.338. The normalized spacial score (nSPS) is 15.5. The molecule has 0 fully saturated rings. The second-order valence-electron chi connectivity index (χ2n) is 4.93. The summed E-state index contributed by atoms with van der Waals surface area (Å²) in [4.78, 5) is 0. The van der Waals surface area contributed by atoms with Gasteiger partial charge in [-0.2, -0.15) is 0 Å². The fourth-order valence-electron chi connectivity index (χ4n) is 1.68. The summed E-state index contributed by atoms with van der Waals surface area (Å²) in [7, 11) is -10.7. The van der Waals surface area contributed by atoms with Crippen molar-refractivity contribution < 1.29 is 30.3 Å². The molecule has 1 nitrogen and oxygen atoms in total. The summed E-state index contributed by atoms with van der Waals surface area (Å²) in [5.41, 5.74) is 2.37. The first-order valence-electron chi connectivity index (χ1n) is 6.41. The Morgan fingerprint density at radius 1 is 0.875 bits per heavy atom. The number of phenols is 1. The van der Waals surface area contributed by atoms with Crippen LogP contribution in [0.15, 0.2) is 48.5 Å². The van der Waals surface area contributed by atoms with Gasteiger partial charge in [0, 0.05) is 17.0 Å². The molecule has 1 N–H and O–H groups in total. The van der Waals surface area contributed by atoms with Crippen LogP contribution < -0.4 is 0 Å². The van der Waals surface area contributed by atoms with E-state index in [9.17, 15) is 30.3 Å². The van der Waals surface area contributed by atoms with E-state index in [0.29, 0.717) is 5.75 Å². The van der Waals surface area contributed by atoms with Gasteiger partial charge in [-0.05, 0) is 42.5 Å². The minimum Gasteiger partial charge on any atom is -0.508 e. The average molecular weight is 411 g/mol. The van der Waals surface area contributed by atoms with Crippen LogP contribution in [0.5, 0.6) is 5.75 Å². The van der Waals surface area contributed by atoms with Gasteiger partial charge in [0.2, 0.25) is 0 Å². The smallest absolute Gasteiger partial charge is 0.142 e. The number of hydrogen-bond acceptors (Lipinski definition) is 1. The Labute approximate surface area is 144 Å². The molecule has 0 amide bonds. The molecule has 0 aliphatic rings. The van der Waals surface area contributed by atoms with Crippen molar-refractivity contribution in [1.29, 1.82) is 0 Å². The monoisotopic (exact) mass is 410 g/mol.